The average molecular weight is 211 g/mol. The fraction of sp³-hybridized carbons (Fsp3) is 0.700. The predicted molar refractivity (Wildman–Crippen MR) is 49.9 cm³/mol. The van der Waals surface area contributed by atoms with Gasteiger partial charge in [-0.25, -0.2) is 0 Å². The zero-order valence-corrected chi connectivity index (χ0v) is 8.36. The van der Waals surface area contributed by atoms with E-state index in [4.69, 9.17) is 5.11 Å². The summed E-state index contributed by atoms with van der Waals surface area (Å²) < 4.78 is 0. The number of carboxylic acids is 1. The van der Waals surface area contributed by atoms with Gasteiger partial charge in [-0.2, -0.15) is 0 Å². The highest BCUT2D eigenvalue weighted by Crippen LogP contribution is 2.54. The van der Waals surface area contributed by atoms with Gasteiger partial charge in [0.1, 0.15) is 0 Å². The van der Waals surface area contributed by atoms with Crippen molar-refractivity contribution in [1.29, 1.82) is 0 Å². The van der Waals surface area contributed by atoms with Crippen molar-refractivity contribution in [2.75, 3.05) is 6.54 Å². The van der Waals surface area contributed by atoms with Gasteiger partial charge in [0.2, 0.25) is 11.8 Å². The Morgan fingerprint density at radius 2 is 1.80 bits per heavy atom. The van der Waals surface area contributed by atoms with Crippen LogP contribution in [0, 0.1) is 5.41 Å². The standard InChI is InChI=1S/C10H13NO4/c12-7-5-10(2-3-10)6-8(13)11(7)4-1-9(14)15/h1-6H2,(H,14,15). The quantitative estimate of drug-likeness (QED) is 0.685. The van der Waals surface area contributed by atoms with Gasteiger partial charge in [0.15, 0.2) is 0 Å². The molecule has 0 aromatic rings. The fourth-order valence-corrected chi connectivity index (χ4v) is 2.02. The SMILES string of the molecule is O=C(O)CCN1C(=O)CC2(CC2)CC1=O. The summed E-state index contributed by atoms with van der Waals surface area (Å²) in [4.78, 5) is 34.6. The monoisotopic (exact) mass is 211 g/mol. The third kappa shape index (κ3) is 2.00. The van der Waals surface area contributed by atoms with Crippen LogP contribution in [-0.2, 0) is 14.4 Å². The van der Waals surface area contributed by atoms with E-state index in [0.717, 1.165) is 17.7 Å². The lowest BCUT2D eigenvalue weighted by atomic mass is 9.92. The number of amides is 2. The molecule has 2 rings (SSSR count). The molecule has 0 unspecified atom stereocenters. The summed E-state index contributed by atoms with van der Waals surface area (Å²) in [5.74, 6) is -1.39. The molecule has 0 aromatic carbocycles. The second-order valence-electron chi connectivity index (χ2n) is 4.44. The van der Waals surface area contributed by atoms with Crippen LogP contribution in [-0.4, -0.2) is 34.3 Å². The van der Waals surface area contributed by atoms with Crippen LogP contribution >= 0.6 is 0 Å². The number of carbonyl (C=O) groups is 3. The molecule has 0 bridgehead atoms. The molecule has 15 heavy (non-hydrogen) atoms. The number of imide groups is 1. The molecule has 2 aliphatic rings. The highest BCUT2D eigenvalue weighted by molar-refractivity contribution is 5.99. The first kappa shape index (κ1) is 10.1. The minimum absolute atomic E-state index is 0.0169. The van der Waals surface area contributed by atoms with E-state index < -0.39 is 5.97 Å². The molecule has 1 saturated carbocycles. The van der Waals surface area contributed by atoms with Gasteiger partial charge in [-0.15, -0.1) is 0 Å². The Kier molecular flexibility index (Phi) is 2.25. The summed E-state index contributed by atoms with van der Waals surface area (Å²) in [6, 6.07) is 0. The molecule has 1 spiro atoms. The average Bonchev–Trinajstić information content (AvgIpc) is 2.82. The highest BCUT2D eigenvalue weighted by Gasteiger charge is 2.51. The van der Waals surface area contributed by atoms with Crippen molar-refractivity contribution in [3.8, 4) is 0 Å². The van der Waals surface area contributed by atoms with E-state index in [9.17, 15) is 14.4 Å². The third-order valence-electron chi connectivity index (χ3n) is 3.16. The molecule has 1 aliphatic heterocycles. The van der Waals surface area contributed by atoms with Gasteiger partial charge in [0.05, 0.1) is 6.42 Å². The molecule has 1 N–H and O–H groups in total. The van der Waals surface area contributed by atoms with Crippen LogP contribution in [0.2, 0.25) is 0 Å². The second-order valence-corrected chi connectivity index (χ2v) is 4.44. The van der Waals surface area contributed by atoms with Gasteiger partial charge in [-0.3, -0.25) is 19.3 Å². The maximum absolute atomic E-state index is 11.6. The summed E-state index contributed by atoms with van der Waals surface area (Å²) in [6.45, 7) is 0.0169. The normalized spacial score (nSPS) is 23.3. The lowest BCUT2D eigenvalue weighted by Crippen LogP contribution is -2.44. The predicted octanol–water partition coefficient (Wildman–Crippen LogP) is 0.390. The lowest BCUT2D eigenvalue weighted by Gasteiger charge is -2.29. The molecule has 0 atom stereocenters. The molecule has 1 saturated heterocycles. The van der Waals surface area contributed by atoms with Crippen LogP contribution < -0.4 is 0 Å². The number of nitrogens with zero attached hydrogens (tertiary/aromatic N) is 1. The van der Waals surface area contributed by atoms with Gasteiger partial charge in [0, 0.05) is 19.4 Å². The minimum Gasteiger partial charge on any atom is -0.481 e. The molecular formula is C10H13NO4. The fourth-order valence-electron chi connectivity index (χ4n) is 2.02. The molecule has 5 nitrogen and oxygen atoms in total. The van der Waals surface area contributed by atoms with Gasteiger partial charge in [-0.1, -0.05) is 0 Å². The Labute approximate surface area is 87.1 Å². The number of rotatable bonds is 3. The Bertz CT molecular complexity index is 312. The van der Waals surface area contributed by atoms with Crippen LogP contribution in [0.4, 0.5) is 0 Å². The number of carboxylic acid groups (broad SMARTS) is 1. The summed E-state index contributed by atoms with van der Waals surface area (Å²) >= 11 is 0. The van der Waals surface area contributed by atoms with Gasteiger partial charge in [0.25, 0.3) is 0 Å². The third-order valence-corrected chi connectivity index (χ3v) is 3.16. The molecule has 2 amide bonds. The molecule has 0 aromatic heterocycles. The number of likely N-dealkylation sites (tertiary alicyclic amines) is 1. The molecule has 0 radical (unpaired) electrons. The molecule has 1 heterocycles. The number of aliphatic carboxylic acids is 1. The Morgan fingerprint density at radius 1 is 1.27 bits per heavy atom. The molecule has 2 fully saturated rings. The van der Waals surface area contributed by atoms with Crippen LogP contribution in [0.15, 0.2) is 0 Å². The number of carbonyl (C=O) groups excluding carboxylic acids is 2. The van der Waals surface area contributed by atoms with E-state index in [0.29, 0.717) is 12.8 Å². The summed E-state index contributed by atoms with van der Waals surface area (Å²) in [5, 5.41) is 8.48. The smallest absolute Gasteiger partial charge is 0.305 e. The van der Waals surface area contributed by atoms with Crippen molar-refractivity contribution in [3.63, 3.8) is 0 Å². The van der Waals surface area contributed by atoms with E-state index in [-0.39, 0.29) is 30.2 Å². The maximum Gasteiger partial charge on any atom is 0.305 e. The number of hydrogen-bond acceptors (Lipinski definition) is 3. The number of hydrogen-bond donors (Lipinski definition) is 1. The van der Waals surface area contributed by atoms with Crippen LogP contribution in [0.25, 0.3) is 0 Å². The molecule has 5 heteroatoms. The Morgan fingerprint density at radius 3 is 2.20 bits per heavy atom. The van der Waals surface area contributed by atoms with Crippen molar-refractivity contribution in [1.82, 2.24) is 4.90 Å². The van der Waals surface area contributed by atoms with E-state index in [1.54, 1.807) is 0 Å². The topological polar surface area (TPSA) is 74.7 Å². The first-order chi connectivity index (χ1) is 7.02. The largest absolute Gasteiger partial charge is 0.481 e. The maximum atomic E-state index is 11.6. The van der Waals surface area contributed by atoms with Crippen LogP contribution in [0.1, 0.15) is 32.1 Å². The molecule has 1 aliphatic carbocycles. The first-order valence-electron chi connectivity index (χ1n) is 5.07. The molecular weight excluding hydrogens is 198 g/mol. The van der Waals surface area contributed by atoms with Crippen molar-refractivity contribution in [2.45, 2.75) is 32.1 Å². The summed E-state index contributed by atoms with van der Waals surface area (Å²) in [7, 11) is 0. The highest BCUT2D eigenvalue weighted by atomic mass is 16.4. The zero-order valence-electron chi connectivity index (χ0n) is 8.36. The van der Waals surface area contributed by atoms with Crippen molar-refractivity contribution in [3.05, 3.63) is 0 Å². The summed E-state index contributed by atoms with van der Waals surface area (Å²) in [5.41, 5.74) is -0.0477. The first-order valence-corrected chi connectivity index (χ1v) is 5.07. The van der Waals surface area contributed by atoms with Crippen molar-refractivity contribution >= 4 is 17.8 Å². The second kappa shape index (κ2) is 3.32. The van der Waals surface area contributed by atoms with E-state index in [1.807, 2.05) is 0 Å². The Hall–Kier alpha value is -1.39. The van der Waals surface area contributed by atoms with E-state index >= 15 is 0 Å². The minimum atomic E-state index is -0.984. The van der Waals surface area contributed by atoms with E-state index in [2.05, 4.69) is 0 Å². The molecule has 82 valence electrons. The summed E-state index contributed by atoms with van der Waals surface area (Å²) in [6.07, 6.45) is 2.58. The zero-order chi connectivity index (χ0) is 11.1. The van der Waals surface area contributed by atoms with Gasteiger partial charge < -0.3 is 5.11 Å². The van der Waals surface area contributed by atoms with Gasteiger partial charge in [-0.05, 0) is 18.3 Å². The van der Waals surface area contributed by atoms with Crippen molar-refractivity contribution in [2.24, 2.45) is 5.41 Å². The van der Waals surface area contributed by atoms with E-state index in [1.165, 1.54) is 0 Å². The lowest BCUT2D eigenvalue weighted by molar-refractivity contribution is -0.151. The van der Waals surface area contributed by atoms with Crippen LogP contribution in [0.5, 0.6) is 0 Å². The van der Waals surface area contributed by atoms with Crippen molar-refractivity contribution < 1.29 is 19.5 Å². The Balaban J connectivity index is 1.97. The van der Waals surface area contributed by atoms with Crippen LogP contribution in [0.3, 0.4) is 0 Å². The number of piperidine rings is 1. The van der Waals surface area contributed by atoms with Gasteiger partial charge >= 0.3 is 5.97 Å².